The van der Waals surface area contributed by atoms with E-state index in [9.17, 15) is 9.59 Å². The summed E-state index contributed by atoms with van der Waals surface area (Å²) in [7, 11) is 0. The molecule has 138 valence electrons. The van der Waals surface area contributed by atoms with Crippen LogP contribution in [-0.2, 0) is 4.79 Å². The largest absolute Gasteiger partial charge is 0.354 e. The van der Waals surface area contributed by atoms with Crippen LogP contribution in [0.5, 0.6) is 0 Å². The van der Waals surface area contributed by atoms with Gasteiger partial charge in [0.25, 0.3) is 5.91 Å². The summed E-state index contributed by atoms with van der Waals surface area (Å²) in [6.45, 7) is 1.31. The fraction of sp³-hybridized carbons (Fsp3) is 0.400. The van der Waals surface area contributed by atoms with Crippen LogP contribution in [0.1, 0.15) is 35.4 Å². The number of nitrogens with zero attached hydrogens (tertiary/aromatic N) is 1. The zero-order valence-electron chi connectivity index (χ0n) is 14.7. The van der Waals surface area contributed by atoms with Gasteiger partial charge in [-0.3, -0.25) is 9.59 Å². The highest BCUT2D eigenvalue weighted by molar-refractivity contribution is 7.99. The Kier molecular flexibility index (Phi) is 7.14. The third-order valence-electron chi connectivity index (χ3n) is 4.43. The van der Waals surface area contributed by atoms with Crippen molar-refractivity contribution in [3.63, 3.8) is 0 Å². The molecule has 1 aromatic carbocycles. The number of likely N-dealkylation sites (tertiary alicyclic amines) is 1. The number of nitrogens with one attached hydrogen (secondary N) is 1. The monoisotopic (exact) mass is 388 g/mol. The minimum Gasteiger partial charge on any atom is -0.354 e. The van der Waals surface area contributed by atoms with Crippen molar-refractivity contribution in [3.05, 3.63) is 52.7 Å². The molecule has 1 aliphatic heterocycles. The molecule has 0 bridgehead atoms. The Morgan fingerprint density at radius 1 is 1.15 bits per heavy atom. The number of thiophene rings is 1. The molecule has 2 aromatic rings. The summed E-state index contributed by atoms with van der Waals surface area (Å²) in [6, 6.07) is 13.6. The van der Waals surface area contributed by atoms with Crippen molar-refractivity contribution in [2.75, 3.05) is 18.8 Å². The summed E-state index contributed by atoms with van der Waals surface area (Å²) >= 11 is 3.23. The number of hydrogen-bond donors (Lipinski definition) is 1. The number of thioether (sulfide) groups is 1. The Hall–Kier alpha value is -1.79. The summed E-state index contributed by atoms with van der Waals surface area (Å²) in [5.74, 6) is 0.936. The lowest BCUT2D eigenvalue weighted by Crippen LogP contribution is -2.52. The van der Waals surface area contributed by atoms with E-state index in [0.29, 0.717) is 18.0 Å². The molecule has 0 saturated carbocycles. The fourth-order valence-corrected chi connectivity index (χ4v) is 4.65. The predicted octanol–water partition coefficient (Wildman–Crippen LogP) is 4.04. The van der Waals surface area contributed by atoms with E-state index in [1.807, 2.05) is 35.7 Å². The molecule has 3 rings (SSSR count). The van der Waals surface area contributed by atoms with Gasteiger partial charge in [-0.1, -0.05) is 24.3 Å². The van der Waals surface area contributed by atoms with Crippen molar-refractivity contribution < 1.29 is 9.59 Å². The smallest absolute Gasteiger partial charge is 0.264 e. The maximum absolute atomic E-state index is 12.7. The van der Waals surface area contributed by atoms with Crippen LogP contribution in [0.4, 0.5) is 0 Å². The Morgan fingerprint density at radius 3 is 2.77 bits per heavy atom. The van der Waals surface area contributed by atoms with Gasteiger partial charge >= 0.3 is 0 Å². The Balaban J connectivity index is 1.45. The van der Waals surface area contributed by atoms with Crippen LogP contribution in [0.2, 0.25) is 0 Å². The highest BCUT2D eigenvalue weighted by atomic mass is 32.2. The van der Waals surface area contributed by atoms with Crippen LogP contribution in [0.15, 0.2) is 52.7 Å². The normalized spacial score (nSPS) is 17.1. The van der Waals surface area contributed by atoms with Crippen LogP contribution < -0.4 is 5.32 Å². The van der Waals surface area contributed by atoms with Gasteiger partial charge in [0.1, 0.15) is 6.04 Å². The molecule has 1 fully saturated rings. The summed E-state index contributed by atoms with van der Waals surface area (Å²) in [6.07, 6.45) is 3.63. The Morgan fingerprint density at radius 2 is 2.00 bits per heavy atom. The molecule has 2 amide bonds. The number of rotatable bonds is 7. The van der Waals surface area contributed by atoms with E-state index in [1.54, 1.807) is 16.7 Å². The van der Waals surface area contributed by atoms with Crippen molar-refractivity contribution in [3.8, 4) is 0 Å². The molecule has 1 atom stereocenters. The fourth-order valence-electron chi connectivity index (χ4n) is 3.10. The standard InChI is InChI=1S/C20H24N2O2S2/c23-19(21-12-7-15-25-16-8-2-1-3-9-16)17-10-4-5-13-22(17)20(24)18-11-6-14-26-18/h1-3,6,8-9,11,14,17H,4-5,7,10,12-13,15H2,(H,21,23). The second-order valence-electron chi connectivity index (χ2n) is 6.29. The van der Waals surface area contributed by atoms with E-state index < -0.39 is 0 Å². The third kappa shape index (κ3) is 5.11. The maximum atomic E-state index is 12.7. The zero-order chi connectivity index (χ0) is 18.2. The van der Waals surface area contributed by atoms with Gasteiger partial charge in [0.2, 0.25) is 5.91 Å². The van der Waals surface area contributed by atoms with E-state index in [0.717, 1.165) is 31.4 Å². The highest BCUT2D eigenvalue weighted by Crippen LogP contribution is 2.22. The molecule has 1 N–H and O–H groups in total. The molecule has 1 saturated heterocycles. The Labute approximate surface area is 163 Å². The summed E-state index contributed by atoms with van der Waals surface area (Å²) in [5.41, 5.74) is 0. The first-order valence-corrected chi connectivity index (χ1v) is 10.9. The highest BCUT2D eigenvalue weighted by Gasteiger charge is 2.32. The van der Waals surface area contributed by atoms with Crippen LogP contribution >= 0.6 is 23.1 Å². The van der Waals surface area contributed by atoms with Gasteiger partial charge in [0, 0.05) is 18.0 Å². The Bertz CT molecular complexity index is 704. The van der Waals surface area contributed by atoms with Gasteiger partial charge < -0.3 is 10.2 Å². The maximum Gasteiger partial charge on any atom is 0.264 e. The average molecular weight is 389 g/mol. The van der Waals surface area contributed by atoms with Crippen LogP contribution in [0.3, 0.4) is 0 Å². The van der Waals surface area contributed by atoms with Gasteiger partial charge in [-0.25, -0.2) is 0 Å². The van der Waals surface area contributed by atoms with E-state index in [1.165, 1.54) is 16.2 Å². The van der Waals surface area contributed by atoms with E-state index in [-0.39, 0.29) is 17.9 Å². The number of piperidine rings is 1. The lowest BCUT2D eigenvalue weighted by atomic mass is 10.0. The lowest BCUT2D eigenvalue weighted by Gasteiger charge is -2.34. The van der Waals surface area contributed by atoms with Gasteiger partial charge in [-0.15, -0.1) is 23.1 Å². The molecule has 26 heavy (non-hydrogen) atoms. The first kappa shape index (κ1) is 19.0. The van der Waals surface area contributed by atoms with Gasteiger partial charge in [0.05, 0.1) is 4.88 Å². The predicted molar refractivity (Wildman–Crippen MR) is 108 cm³/mol. The lowest BCUT2D eigenvalue weighted by molar-refractivity contribution is -0.126. The molecule has 1 unspecified atom stereocenters. The van der Waals surface area contributed by atoms with Gasteiger partial charge in [0.15, 0.2) is 0 Å². The van der Waals surface area contributed by atoms with Crippen LogP contribution in [0, 0.1) is 0 Å². The van der Waals surface area contributed by atoms with E-state index in [4.69, 9.17) is 0 Å². The van der Waals surface area contributed by atoms with E-state index >= 15 is 0 Å². The topological polar surface area (TPSA) is 49.4 Å². The van der Waals surface area contributed by atoms with Crippen molar-refractivity contribution in [2.45, 2.75) is 36.6 Å². The SMILES string of the molecule is O=C(NCCCSc1ccccc1)C1CCCCN1C(=O)c1cccs1. The minimum absolute atomic E-state index is 0.0144. The molecule has 0 aliphatic carbocycles. The minimum atomic E-state index is -0.333. The third-order valence-corrected chi connectivity index (χ3v) is 6.39. The van der Waals surface area contributed by atoms with E-state index in [2.05, 4.69) is 17.4 Å². The summed E-state index contributed by atoms with van der Waals surface area (Å²) < 4.78 is 0. The molecule has 1 aliphatic rings. The van der Waals surface area contributed by atoms with Crippen molar-refractivity contribution in [1.29, 1.82) is 0 Å². The molecule has 0 spiro atoms. The summed E-state index contributed by atoms with van der Waals surface area (Å²) in [5, 5.41) is 4.93. The average Bonchev–Trinajstić information content (AvgIpc) is 3.22. The molecular weight excluding hydrogens is 364 g/mol. The molecule has 6 heteroatoms. The first-order valence-electron chi connectivity index (χ1n) is 9.06. The number of carbonyl (C=O) groups is 2. The number of hydrogen-bond acceptors (Lipinski definition) is 4. The molecular formula is C20H24N2O2S2. The van der Waals surface area contributed by atoms with Crippen molar-refractivity contribution >= 4 is 34.9 Å². The second kappa shape index (κ2) is 9.78. The van der Waals surface area contributed by atoms with Gasteiger partial charge in [-0.05, 0) is 55.0 Å². The summed E-state index contributed by atoms with van der Waals surface area (Å²) in [4.78, 5) is 29.0. The quantitative estimate of drug-likeness (QED) is 0.575. The van der Waals surface area contributed by atoms with Crippen molar-refractivity contribution in [2.24, 2.45) is 0 Å². The number of amides is 2. The van der Waals surface area contributed by atoms with Gasteiger partial charge in [-0.2, -0.15) is 0 Å². The zero-order valence-corrected chi connectivity index (χ0v) is 16.4. The van der Waals surface area contributed by atoms with Crippen molar-refractivity contribution in [1.82, 2.24) is 10.2 Å². The van der Waals surface area contributed by atoms with Crippen LogP contribution in [0.25, 0.3) is 0 Å². The number of benzene rings is 1. The number of carbonyl (C=O) groups excluding carboxylic acids is 2. The van der Waals surface area contributed by atoms with Crippen LogP contribution in [-0.4, -0.2) is 41.6 Å². The second-order valence-corrected chi connectivity index (χ2v) is 8.41. The first-order chi connectivity index (χ1) is 12.8. The molecule has 4 nitrogen and oxygen atoms in total. The molecule has 0 radical (unpaired) electrons. The molecule has 2 heterocycles. The molecule has 1 aromatic heterocycles.